The first-order valence-corrected chi connectivity index (χ1v) is 32.4. The second-order valence-corrected chi connectivity index (χ2v) is 23.4. The number of rotatable bonds is 28. The van der Waals surface area contributed by atoms with Crippen LogP contribution in [-0.4, -0.2) is 122 Å². The average molecular weight is 1350 g/mol. The number of ketones is 2. The predicted octanol–water partition coefficient (Wildman–Crippen LogP) is 12.0. The Hall–Kier alpha value is -10.1. The molecule has 0 spiro atoms. The Bertz CT molecular complexity index is 4330. The van der Waals surface area contributed by atoms with Crippen LogP contribution in [-0.2, 0) is 39.9 Å². The SMILES string of the molecule is O=S(=O)=O.[C-]#[N+]c1cc(/C=C(\C(C)=O)C(=O)Nc2ccccc2)sc1N=Nc1cc(OC)c(N(CC)CC)cc1Nc1nc(Nc2cc(N(CC)CC)c(OC)cc2N=Nc2sc(/C=C(/C(C)=O)C(=O)Nc3ccccc3)c(S(=O)(=O)O)c2C#N)nc(SCCO)n1. The van der Waals surface area contributed by atoms with Crippen LogP contribution in [0, 0.1) is 17.9 Å². The monoisotopic (exact) mass is 1350 g/mol. The van der Waals surface area contributed by atoms with Crippen LogP contribution in [0.5, 0.6) is 11.5 Å². The largest absolute Gasteiger partial charge is 0.494 e. The number of azo groups is 2. The molecule has 28 nitrogen and oxygen atoms in total. The van der Waals surface area contributed by atoms with Crippen molar-refractivity contribution in [2.24, 2.45) is 20.5 Å². The van der Waals surface area contributed by atoms with Crippen LogP contribution in [0.4, 0.5) is 73.1 Å². The maximum Gasteiger partial charge on any atom is 0.425 e. The van der Waals surface area contributed by atoms with Crippen molar-refractivity contribution < 1.29 is 59.4 Å². The van der Waals surface area contributed by atoms with Crippen LogP contribution in [0.25, 0.3) is 17.0 Å². The van der Waals surface area contributed by atoms with E-state index in [1.165, 1.54) is 39.4 Å². The number of hydrogen-bond acceptors (Lipinski definition) is 27. The summed E-state index contributed by atoms with van der Waals surface area (Å²) in [5, 5.41) is 50.1. The number of carbonyl (C=O) groups excluding carboxylic acids is 4. The highest BCUT2D eigenvalue weighted by Crippen LogP contribution is 2.46. The summed E-state index contributed by atoms with van der Waals surface area (Å²) in [5.74, 6) is -1.92. The van der Waals surface area contributed by atoms with Gasteiger partial charge in [-0.25, -0.2) is 4.85 Å². The number of ether oxygens (including phenoxy) is 2. The third-order valence-corrected chi connectivity index (χ3v) is 16.6. The molecule has 33 heteroatoms. The molecule has 0 saturated heterocycles. The van der Waals surface area contributed by atoms with Gasteiger partial charge in [0.2, 0.25) is 17.6 Å². The van der Waals surface area contributed by atoms with Gasteiger partial charge in [-0.1, -0.05) is 48.2 Å². The van der Waals surface area contributed by atoms with E-state index in [2.05, 4.69) is 56.5 Å². The summed E-state index contributed by atoms with van der Waals surface area (Å²) < 4.78 is 73.6. The Morgan fingerprint density at radius 1 is 0.717 bits per heavy atom. The van der Waals surface area contributed by atoms with Gasteiger partial charge in [-0.15, -0.1) is 50.6 Å². The summed E-state index contributed by atoms with van der Waals surface area (Å²) in [7, 11) is -5.35. The van der Waals surface area contributed by atoms with Crippen molar-refractivity contribution in [1.29, 1.82) is 5.26 Å². The van der Waals surface area contributed by atoms with E-state index in [1.54, 1.807) is 84.9 Å². The van der Waals surface area contributed by atoms with Crippen molar-refractivity contribution in [3.63, 3.8) is 0 Å². The van der Waals surface area contributed by atoms with E-state index in [0.29, 0.717) is 82.3 Å². The van der Waals surface area contributed by atoms with Crippen LogP contribution in [0.15, 0.2) is 133 Å². The minimum absolute atomic E-state index is 0.0282. The number of thioether (sulfide) groups is 1. The number of anilines is 8. The number of thiophene rings is 2. The summed E-state index contributed by atoms with van der Waals surface area (Å²) in [6, 6.07) is 26.8. The Kier molecular flexibility index (Phi) is 25.9. The molecule has 0 bridgehead atoms. The van der Waals surface area contributed by atoms with Gasteiger partial charge in [0, 0.05) is 60.3 Å². The van der Waals surface area contributed by atoms with Gasteiger partial charge in [0.15, 0.2) is 21.7 Å². The Morgan fingerprint density at radius 2 is 1.17 bits per heavy atom. The maximum absolute atomic E-state index is 13.4. The van der Waals surface area contributed by atoms with E-state index in [1.807, 2.05) is 37.5 Å². The summed E-state index contributed by atoms with van der Waals surface area (Å²) in [6.07, 6.45) is 2.35. The van der Waals surface area contributed by atoms with Gasteiger partial charge in [-0.2, -0.15) is 33.7 Å². The Balaban J connectivity index is 0.00000326. The van der Waals surface area contributed by atoms with E-state index < -0.39 is 60.1 Å². The van der Waals surface area contributed by atoms with E-state index in [9.17, 15) is 42.5 Å². The van der Waals surface area contributed by atoms with E-state index in [0.717, 1.165) is 36.1 Å². The number of nitrogens with one attached hydrogen (secondary N) is 4. The molecule has 0 aliphatic carbocycles. The van der Waals surface area contributed by atoms with Gasteiger partial charge in [-0.3, -0.25) is 23.7 Å². The number of amides is 2. The van der Waals surface area contributed by atoms with Crippen LogP contribution >= 0.6 is 34.4 Å². The fourth-order valence-electron chi connectivity index (χ4n) is 8.46. The van der Waals surface area contributed by atoms with Crippen molar-refractivity contribution >= 4 is 164 Å². The highest BCUT2D eigenvalue weighted by Gasteiger charge is 2.29. The van der Waals surface area contributed by atoms with E-state index in [-0.39, 0.29) is 72.6 Å². The summed E-state index contributed by atoms with van der Waals surface area (Å²) in [4.78, 5) is 73.4. The molecule has 2 amide bonds. The van der Waals surface area contributed by atoms with Crippen molar-refractivity contribution in [2.45, 2.75) is 51.6 Å². The first kappa shape index (κ1) is 71.0. The van der Waals surface area contributed by atoms with Crippen LogP contribution < -0.4 is 40.5 Å². The molecule has 0 unspecified atom stereocenters. The quantitative estimate of drug-likeness (QED) is 0.00504. The smallest absolute Gasteiger partial charge is 0.425 e. The molecule has 6 N–H and O–H groups in total. The number of aromatic nitrogens is 3. The average Bonchev–Trinajstić information content (AvgIpc) is 1.44. The van der Waals surface area contributed by atoms with Gasteiger partial charge in [0.25, 0.3) is 21.9 Å². The van der Waals surface area contributed by atoms with Gasteiger partial charge in [0.05, 0.1) is 66.2 Å². The third kappa shape index (κ3) is 19.0. The lowest BCUT2D eigenvalue weighted by molar-refractivity contribution is -0.120. The molecule has 7 rings (SSSR count). The second-order valence-electron chi connectivity index (χ2n) is 18.5. The van der Waals surface area contributed by atoms with Gasteiger partial charge >= 0.3 is 10.6 Å². The van der Waals surface area contributed by atoms with Gasteiger partial charge in [0.1, 0.15) is 44.4 Å². The maximum atomic E-state index is 13.4. The minimum atomic E-state index is -5.20. The van der Waals surface area contributed by atoms with E-state index in [4.69, 9.17) is 33.7 Å². The molecule has 3 heterocycles. The summed E-state index contributed by atoms with van der Waals surface area (Å²) in [6.45, 7) is 20.2. The standard InChI is InChI=1S/C59H59N15O10S4.O3S/c1-10-73(11-2)47-29-42(44(31-49(47)83-8)69-71-55-41(33-60)52(88(80,81)82)51(87-55)28-40(35(6)77)54(79)63-37-22-18-15-19-23-37)64-57-66-58(68-59(67-57)85-25-24-75)65-43-30-48(74(12-3)13-4)50(84-9)32-45(43)70-72-56-46(61-7)27-38(86-56)26-39(34(5)76)53(78)62-36-20-16-14-17-21-36;1-4(2)3/h14-23,26-32,75H,10-13,24-25H2,1-6,8-9H3,(H,62,78)(H,63,79)(H,80,81,82)(H2,64,65,66,67,68);/b39-26+,40-28-,71-69?,72-70?;. The molecule has 0 radical (unpaired) electrons. The van der Waals surface area contributed by atoms with Crippen molar-refractivity contribution in [2.75, 3.05) is 83.8 Å². The molecule has 0 fully saturated rings. The number of Topliss-reactive ketones (excluding diaryl/α,β-unsaturated/α-hetero) is 2. The molecular weight excluding hydrogens is 1290 g/mol. The first-order chi connectivity index (χ1) is 44.0. The summed E-state index contributed by atoms with van der Waals surface area (Å²) >= 11 is 2.71. The zero-order valence-corrected chi connectivity index (χ0v) is 54.5. The number of aliphatic hydroxyl groups is 1. The predicted molar refractivity (Wildman–Crippen MR) is 352 cm³/mol. The second kappa shape index (κ2) is 33.6. The zero-order chi connectivity index (χ0) is 67.2. The normalized spacial score (nSPS) is 11.4. The fraction of sp³-hybridized carbons (Fsp3) is 0.237. The Labute approximate surface area is 542 Å². The number of benzene rings is 4. The molecular formula is C59H59N15O13S5. The van der Waals surface area contributed by atoms with Gasteiger partial charge in [-0.05, 0) is 96.2 Å². The molecule has 0 atom stereocenters. The topological polar surface area (TPSA) is 383 Å². The molecule has 478 valence electrons. The third-order valence-electron chi connectivity index (χ3n) is 12.7. The minimum Gasteiger partial charge on any atom is -0.494 e. The molecule has 3 aromatic heterocycles. The summed E-state index contributed by atoms with van der Waals surface area (Å²) in [5.41, 5.74) is 1.70. The fourth-order valence-corrected chi connectivity index (χ4v) is 12.0. The number of carbonyl (C=O) groups is 4. The highest BCUT2D eigenvalue weighted by atomic mass is 32.2. The van der Waals surface area contributed by atoms with Crippen molar-refractivity contribution in [1.82, 2.24) is 15.0 Å². The molecule has 0 aliphatic heterocycles. The zero-order valence-electron chi connectivity index (χ0n) is 50.4. The molecule has 92 heavy (non-hydrogen) atoms. The first-order valence-electron chi connectivity index (χ1n) is 27.3. The number of hydrogen-bond donors (Lipinski definition) is 6. The number of aliphatic hydroxyl groups excluding tert-OH is 1. The lowest BCUT2D eigenvalue weighted by atomic mass is 10.1. The number of nitriles is 1. The molecule has 0 saturated carbocycles. The lowest BCUT2D eigenvalue weighted by Crippen LogP contribution is -2.22. The highest BCUT2D eigenvalue weighted by molar-refractivity contribution is 7.99. The lowest BCUT2D eigenvalue weighted by Gasteiger charge is -2.25. The van der Waals surface area contributed by atoms with Crippen molar-refractivity contribution in [3.8, 4) is 17.6 Å². The van der Waals surface area contributed by atoms with Crippen LogP contribution in [0.1, 0.15) is 56.9 Å². The van der Waals surface area contributed by atoms with Crippen LogP contribution in [0.2, 0.25) is 0 Å². The van der Waals surface area contributed by atoms with Gasteiger partial charge < -0.3 is 45.6 Å². The number of methoxy groups -OCH3 is 2. The molecule has 0 aliphatic rings. The molecule has 4 aromatic carbocycles. The van der Waals surface area contributed by atoms with E-state index >= 15 is 0 Å². The molecule has 7 aromatic rings. The number of nitrogens with zero attached hydrogens (tertiary/aromatic N) is 11. The van der Waals surface area contributed by atoms with Crippen molar-refractivity contribution in [3.05, 3.63) is 129 Å². The van der Waals surface area contributed by atoms with Crippen LogP contribution in [0.3, 0.4) is 0 Å². The number of para-hydroxylation sites is 2. The Morgan fingerprint density at radius 3 is 1.58 bits per heavy atom.